The van der Waals surface area contributed by atoms with Crippen molar-refractivity contribution in [1.82, 2.24) is 4.90 Å². The van der Waals surface area contributed by atoms with Crippen LogP contribution in [0.15, 0.2) is 63.5 Å². The van der Waals surface area contributed by atoms with E-state index in [1.165, 1.54) is 30.2 Å². The molecule has 182 valence electrons. The summed E-state index contributed by atoms with van der Waals surface area (Å²) in [6, 6.07) is 12.6. The molecular weight excluding hydrogens is 598 g/mol. The lowest BCUT2D eigenvalue weighted by Crippen LogP contribution is -2.67. The number of anilines is 1. The Morgan fingerprint density at radius 1 is 0.917 bits per heavy atom. The molecule has 3 amide bonds. The van der Waals surface area contributed by atoms with Crippen LogP contribution in [0.2, 0.25) is 0 Å². The van der Waals surface area contributed by atoms with Crippen molar-refractivity contribution in [1.29, 1.82) is 0 Å². The Bertz CT molecular complexity index is 1490. The molecule has 0 bridgehead atoms. The van der Waals surface area contributed by atoms with Crippen molar-refractivity contribution in [3.63, 3.8) is 0 Å². The lowest BCUT2D eigenvalue weighted by Gasteiger charge is -2.50. The molecule has 2 unspecified atom stereocenters. The molecule has 3 aromatic carbocycles. The van der Waals surface area contributed by atoms with Crippen molar-refractivity contribution in [2.45, 2.75) is 19.0 Å². The van der Waals surface area contributed by atoms with Gasteiger partial charge in [-0.25, -0.2) is 0 Å². The van der Waals surface area contributed by atoms with E-state index in [0.29, 0.717) is 21.5 Å². The number of carbonyl (C=O) groups is 3. The average Bonchev–Trinajstić information content (AvgIpc) is 3.09. The monoisotopic (exact) mass is 613 g/mol. The van der Waals surface area contributed by atoms with Gasteiger partial charge >= 0.3 is 0 Å². The lowest BCUT2D eigenvalue weighted by atomic mass is 9.86. The summed E-state index contributed by atoms with van der Waals surface area (Å²) < 4.78 is 6.81. The van der Waals surface area contributed by atoms with Crippen molar-refractivity contribution in [2.75, 3.05) is 12.0 Å². The third-order valence-corrected chi connectivity index (χ3v) is 7.91. The molecule has 0 radical (unpaired) electrons. The van der Waals surface area contributed by atoms with Gasteiger partial charge in [-0.05, 0) is 70.4 Å². The van der Waals surface area contributed by atoms with Crippen molar-refractivity contribution < 1.29 is 24.0 Å². The number of ether oxygens (including phenoxy) is 1. The summed E-state index contributed by atoms with van der Waals surface area (Å²) in [5.74, 6) is -1.49. The summed E-state index contributed by atoms with van der Waals surface area (Å²) in [5, 5.41) is 11.5. The van der Waals surface area contributed by atoms with Gasteiger partial charge in [-0.3, -0.25) is 29.4 Å². The molecule has 2 atom stereocenters. The van der Waals surface area contributed by atoms with E-state index in [4.69, 9.17) is 4.74 Å². The van der Waals surface area contributed by atoms with Crippen LogP contribution >= 0.6 is 31.9 Å². The highest BCUT2D eigenvalue weighted by molar-refractivity contribution is 9.10. The van der Waals surface area contributed by atoms with Crippen LogP contribution in [0.25, 0.3) is 0 Å². The van der Waals surface area contributed by atoms with E-state index in [-0.39, 0.29) is 11.1 Å². The molecule has 11 heteroatoms. The molecular formula is C25H17Br2N3O6. The number of aryl methyl sites for hydroxylation is 1. The fraction of sp³-hybridized carbons (Fsp3) is 0.160. The number of rotatable bonds is 5. The molecule has 5 rings (SSSR count). The first kappa shape index (κ1) is 24.1. The molecule has 0 spiro atoms. The molecule has 0 N–H and O–H groups in total. The number of hydrogen-bond donors (Lipinski definition) is 0. The predicted octanol–water partition coefficient (Wildman–Crippen LogP) is 5.19. The van der Waals surface area contributed by atoms with Gasteiger partial charge in [0.05, 0.1) is 28.1 Å². The minimum Gasteiger partial charge on any atom is -0.496 e. The Morgan fingerprint density at radius 3 is 2.31 bits per heavy atom. The highest BCUT2D eigenvalue weighted by atomic mass is 79.9. The fourth-order valence-electron chi connectivity index (χ4n) is 4.68. The standard InChI is InChI=1S/C25H17Br2N3O6/c1-12-10-14(7-8-16(12)26)28-21(13-6-9-19(36-2)17(27)11-13)22(25(28)33)29-23(31)15-4-3-5-18(30(34)35)20(15)24(29)32/h3-11,21-22H,1-2H3. The molecule has 0 aromatic heterocycles. The minimum atomic E-state index is -1.18. The highest BCUT2D eigenvalue weighted by Gasteiger charge is 2.58. The first-order valence-corrected chi connectivity index (χ1v) is 12.3. The van der Waals surface area contributed by atoms with Crippen molar-refractivity contribution in [2.24, 2.45) is 0 Å². The maximum absolute atomic E-state index is 13.6. The van der Waals surface area contributed by atoms with Crippen molar-refractivity contribution in [3.8, 4) is 5.75 Å². The average molecular weight is 615 g/mol. The van der Waals surface area contributed by atoms with Crippen LogP contribution in [0, 0.1) is 17.0 Å². The molecule has 3 aromatic rings. The number of amides is 3. The molecule has 0 saturated carbocycles. The SMILES string of the molecule is COc1ccc(C2C(N3C(=O)c4cccc([N+](=O)[O-])c4C3=O)C(=O)N2c2ccc(Br)c(C)c2)cc1Br. The van der Waals surface area contributed by atoms with Crippen LogP contribution in [0.5, 0.6) is 5.75 Å². The third kappa shape index (κ3) is 3.53. The van der Waals surface area contributed by atoms with Crippen LogP contribution in [0.3, 0.4) is 0 Å². The van der Waals surface area contributed by atoms with Crippen molar-refractivity contribution >= 4 is 61.0 Å². The van der Waals surface area contributed by atoms with Gasteiger partial charge < -0.3 is 9.64 Å². The predicted molar refractivity (Wildman–Crippen MR) is 137 cm³/mol. The smallest absolute Gasteiger partial charge is 0.282 e. The largest absolute Gasteiger partial charge is 0.496 e. The highest BCUT2D eigenvalue weighted by Crippen LogP contribution is 2.46. The summed E-state index contributed by atoms with van der Waals surface area (Å²) in [4.78, 5) is 53.5. The Kier molecular flexibility index (Phi) is 5.92. The van der Waals surface area contributed by atoms with Gasteiger partial charge in [-0.2, -0.15) is 0 Å². The number of methoxy groups -OCH3 is 1. The number of nitrogens with zero attached hydrogens (tertiary/aromatic N) is 3. The Morgan fingerprint density at radius 2 is 1.67 bits per heavy atom. The number of halogens is 2. The molecule has 9 nitrogen and oxygen atoms in total. The summed E-state index contributed by atoms with van der Waals surface area (Å²) in [6.45, 7) is 1.89. The fourth-order valence-corrected chi connectivity index (χ4v) is 5.49. The van der Waals surface area contributed by atoms with E-state index >= 15 is 0 Å². The van der Waals surface area contributed by atoms with Crippen molar-refractivity contribution in [3.05, 3.63) is 95.9 Å². The second-order valence-electron chi connectivity index (χ2n) is 8.36. The molecule has 36 heavy (non-hydrogen) atoms. The van der Waals surface area contributed by atoms with Crippen LogP contribution < -0.4 is 9.64 Å². The molecule has 1 saturated heterocycles. The normalized spacial score (nSPS) is 18.8. The van der Waals surface area contributed by atoms with E-state index in [9.17, 15) is 24.5 Å². The number of hydrogen-bond acceptors (Lipinski definition) is 6. The number of β-lactam (4-membered cyclic amide) rings is 1. The first-order valence-electron chi connectivity index (χ1n) is 10.7. The Hall–Kier alpha value is -3.57. The maximum Gasteiger partial charge on any atom is 0.282 e. The maximum atomic E-state index is 13.6. The van der Waals surface area contributed by atoms with Crippen LogP contribution in [0.1, 0.15) is 37.9 Å². The van der Waals surface area contributed by atoms with E-state index in [2.05, 4.69) is 31.9 Å². The quantitative estimate of drug-likeness (QED) is 0.169. The van der Waals surface area contributed by atoms with Gasteiger partial charge in [0.1, 0.15) is 17.4 Å². The second kappa shape index (κ2) is 8.82. The van der Waals surface area contributed by atoms with Gasteiger partial charge in [0.25, 0.3) is 23.4 Å². The molecule has 2 heterocycles. The molecule has 2 aliphatic rings. The van der Waals surface area contributed by atoms with E-state index in [1.807, 2.05) is 19.1 Å². The van der Waals surface area contributed by atoms with Crippen LogP contribution in [-0.4, -0.2) is 40.7 Å². The number of nitro benzene ring substituents is 1. The number of nitro groups is 1. The minimum absolute atomic E-state index is 0.0883. The topological polar surface area (TPSA) is 110 Å². The molecule has 0 aliphatic carbocycles. The molecule has 1 fully saturated rings. The Labute approximate surface area is 222 Å². The van der Waals surface area contributed by atoms with Gasteiger partial charge in [-0.15, -0.1) is 0 Å². The van der Waals surface area contributed by atoms with E-state index < -0.39 is 40.4 Å². The zero-order valence-electron chi connectivity index (χ0n) is 18.9. The zero-order chi connectivity index (χ0) is 25.9. The van der Waals surface area contributed by atoms with E-state index in [0.717, 1.165) is 14.9 Å². The number of benzene rings is 3. The Balaban J connectivity index is 1.63. The lowest BCUT2D eigenvalue weighted by molar-refractivity contribution is -0.385. The number of fused-ring (bicyclic) bond motifs is 1. The molecule has 2 aliphatic heterocycles. The summed E-state index contributed by atoms with van der Waals surface area (Å²) in [5.41, 5.74) is 1.29. The zero-order valence-corrected chi connectivity index (χ0v) is 22.1. The van der Waals surface area contributed by atoms with Crippen LogP contribution in [0.4, 0.5) is 11.4 Å². The van der Waals surface area contributed by atoms with Crippen LogP contribution in [-0.2, 0) is 4.79 Å². The van der Waals surface area contributed by atoms with Gasteiger partial charge in [0.15, 0.2) is 0 Å². The number of carbonyl (C=O) groups excluding carboxylic acids is 3. The first-order chi connectivity index (χ1) is 17.1. The van der Waals surface area contributed by atoms with Gasteiger partial charge in [0, 0.05) is 16.2 Å². The van der Waals surface area contributed by atoms with Gasteiger partial charge in [0.2, 0.25) is 0 Å². The van der Waals surface area contributed by atoms with Gasteiger partial charge in [-0.1, -0.05) is 28.1 Å². The summed E-state index contributed by atoms with van der Waals surface area (Å²) in [7, 11) is 1.53. The number of imide groups is 1. The van der Waals surface area contributed by atoms with E-state index in [1.54, 1.807) is 24.3 Å². The summed E-state index contributed by atoms with van der Waals surface area (Å²) in [6.07, 6.45) is 0. The second-order valence-corrected chi connectivity index (χ2v) is 10.1. The summed E-state index contributed by atoms with van der Waals surface area (Å²) >= 11 is 6.92. The third-order valence-electron chi connectivity index (χ3n) is 6.40.